The summed E-state index contributed by atoms with van der Waals surface area (Å²) < 4.78 is 26.9. The van der Waals surface area contributed by atoms with Crippen molar-refractivity contribution in [1.29, 1.82) is 0 Å². The van der Waals surface area contributed by atoms with Crippen molar-refractivity contribution >= 4 is 32.3 Å². The second kappa shape index (κ2) is 4.76. The summed E-state index contributed by atoms with van der Waals surface area (Å²) in [5.74, 6) is 0.215. The quantitative estimate of drug-likeness (QED) is 0.624. The monoisotopic (exact) mass is 292 g/mol. The van der Waals surface area contributed by atoms with E-state index in [4.69, 9.17) is 4.18 Å². The molecule has 0 aliphatic heterocycles. The predicted molar refractivity (Wildman–Crippen MR) is 59.4 cm³/mol. The summed E-state index contributed by atoms with van der Waals surface area (Å²) in [7, 11) is -3.52. The van der Waals surface area contributed by atoms with Gasteiger partial charge in [0.2, 0.25) is 0 Å². The highest BCUT2D eigenvalue weighted by molar-refractivity contribution is 9.10. The van der Waals surface area contributed by atoms with Crippen LogP contribution in [0.3, 0.4) is 0 Å². The standard InChI is InChI=1S/C9H9BrO4S/c1-15(12,13)14-9-3-2-7(4-5-11)6-8(9)10/h2-3,5-6H,4H2,1H3. The highest BCUT2D eigenvalue weighted by Crippen LogP contribution is 2.26. The number of benzene rings is 1. The number of aldehydes is 1. The van der Waals surface area contributed by atoms with Crippen LogP contribution in [0, 0.1) is 0 Å². The van der Waals surface area contributed by atoms with Crippen molar-refractivity contribution < 1.29 is 17.4 Å². The molecule has 0 fully saturated rings. The fourth-order valence-electron chi connectivity index (χ4n) is 0.998. The average Bonchev–Trinajstić information content (AvgIpc) is 2.08. The van der Waals surface area contributed by atoms with Crippen molar-refractivity contribution in [2.24, 2.45) is 0 Å². The lowest BCUT2D eigenvalue weighted by Crippen LogP contribution is -2.06. The normalized spacial score (nSPS) is 11.1. The van der Waals surface area contributed by atoms with Crippen LogP contribution in [0.25, 0.3) is 0 Å². The van der Waals surface area contributed by atoms with Crippen LogP contribution >= 0.6 is 15.9 Å². The largest absolute Gasteiger partial charge is 0.381 e. The Morgan fingerprint density at radius 2 is 2.13 bits per heavy atom. The van der Waals surface area contributed by atoms with Gasteiger partial charge >= 0.3 is 10.1 Å². The zero-order chi connectivity index (χ0) is 11.5. The third kappa shape index (κ3) is 4.01. The summed E-state index contributed by atoms with van der Waals surface area (Å²) in [5.41, 5.74) is 0.790. The summed E-state index contributed by atoms with van der Waals surface area (Å²) >= 11 is 3.16. The molecule has 15 heavy (non-hydrogen) atoms. The Balaban J connectivity index is 2.98. The first-order valence-electron chi connectivity index (χ1n) is 4.04. The van der Waals surface area contributed by atoms with Gasteiger partial charge < -0.3 is 8.98 Å². The molecule has 6 heteroatoms. The molecule has 0 atom stereocenters. The van der Waals surface area contributed by atoms with E-state index in [1.807, 2.05) is 0 Å². The van der Waals surface area contributed by atoms with E-state index < -0.39 is 10.1 Å². The van der Waals surface area contributed by atoms with Gasteiger partial charge in [-0.1, -0.05) is 6.07 Å². The summed E-state index contributed by atoms with van der Waals surface area (Å²) in [6, 6.07) is 4.79. The number of carbonyl (C=O) groups excluding carboxylic acids is 1. The SMILES string of the molecule is CS(=O)(=O)Oc1ccc(CC=O)cc1Br. The first-order valence-corrected chi connectivity index (χ1v) is 6.65. The van der Waals surface area contributed by atoms with Crippen LogP contribution in [-0.4, -0.2) is 21.0 Å². The van der Waals surface area contributed by atoms with Crippen LogP contribution in [-0.2, 0) is 21.3 Å². The van der Waals surface area contributed by atoms with Crippen LogP contribution in [0.5, 0.6) is 5.75 Å². The Kier molecular flexibility index (Phi) is 3.87. The smallest absolute Gasteiger partial charge is 0.306 e. The molecule has 0 N–H and O–H groups in total. The van der Waals surface area contributed by atoms with E-state index in [2.05, 4.69) is 15.9 Å². The van der Waals surface area contributed by atoms with Crippen LogP contribution in [0.2, 0.25) is 0 Å². The van der Waals surface area contributed by atoms with Crippen LogP contribution in [0.1, 0.15) is 5.56 Å². The van der Waals surface area contributed by atoms with Gasteiger partial charge in [0.25, 0.3) is 0 Å². The molecule has 1 aromatic rings. The molecule has 0 radical (unpaired) electrons. The van der Waals surface area contributed by atoms with Gasteiger partial charge in [0.05, 0.1) is 10.7 Å². The third-order valence-corrected chi connectivity index (χ3v) is 2.66. The Hall–Kier alpha value is -0.880. The van der Waals surface area contributed by atoms with Crippen molar-refractivity contribution in [1.82, 2.24) is 0 Å². The van der Waals surface area contributed by atoms with Crippen molar-refractivity contribution in [3.8, 4) is 5.75 Å². The molecule has 0 aliphatic carbocycles. The van der Waals surface area contributed by atoms with Gasteiger partial charge in [-0.2, -0.15) is 8.42 Å². The lowest BCUT2D eigenvalue weighted by molar-refractivity contribution is -0.107. The maximum absolute atomic E-state index is 10.9. The maximum Gasteiger partial charge on any atom is 0.306 e. The van der Waals surface area contributed by atoms with Crippen LogP contribution in [0.15, 0.2) is 22.7 Å². The van der Waals surface area contributed by atoms with Gasteiger partial charge in [-0.25, -0.2) is 0 Å². The fraction of sp³-hybridized carbons (Fsp3) is 0.222. The second-order valence-electron chi connectivity index (χ2n) is 2.92. The van der Waals surface area contributed by atoms with Gasteiger partial charge in [-0.15, -0.1) is 0 Å². The van der Waals surface area contributed by atoms with E-state index in [0.717, 1.165) is 18.1 Å². The molecule has 0 saturated heterocycles. The lowest BCUT2D eigenvalue weighted by atomic mass is 10.2. The van der Waals surface area contributed by atoms with E-state index in [1.54, 1.807) is 12.1 Å². The summed E-state index contributed by atoms with van der Waals surface area (Å²) in [6.45, 7) is 0. The molecule has 0 unspecified atom stereocenters. The van der Waals surface area contributed by atoms with Gasteiger partial charge in [-0.05, 0) is 33.6 Å². The summed E-state index contributed by atoms with van der Waals surface area (Å²) in [4.78, 5) is 10.3. The lowest BCUT2D eigenvalue weighted by Gasteiger charge is -2.06. The molecule has 0 saturated carbocycles. The third-order valence-electron chi connectivity index (χ3n) is 1.56. The first kappa shape index (κ1) is 12.2. The molecule has 4 nitrogen and oxygen atoms in total. The number of halogens is 1. The van der Waals surface area contributed by atoms with Gasteiger partial charge in [0, 0.05) is 6.42 Å². The fourth-order valence-corrected chi connectivity index (χ4v) is 2.08. The van der Waals surface area contributed by atoms with E-state index in [-0.39, 0.29) is 12.2 Å². The van der Waals surface area contributed by atoms with E-state index in [1.165, 1.54) is 6.07 Å². The Bertz CT molecular complexity index is 467. The number of rotatable bonds is 4. The molecule has 0 amide bonds. The molecule has 0 aromatic heterocycles. The average molecular weight is 293 g/mol. The minimum Gasteiger partial charge on any atom is -0.381 e. The minimum atomic E-state index is -3.52. The van der Waals surface area contributed by atoms with Crippen molar-refractivity contribution in [2.45, 2.75) is 6.42 Å². The second-order valence-corrected chi connectivity index (χ2v) is 5.35. The molecule has 0 aliphatic rings. The number of hydrogen-bond donors (Lipinski definition) is 0. The summed E-state index contributed by atoms with van der Waals surface area (Å²) in [6.07, 6.45) is 2.04. The van der Waals surface area contributed by atoms with Crippen molar-refractivity contribution in [3.05, 3.63) is 28.2 Å². The van der Waals surface area contributed by atoms with E-state index in [9.17, 15) is 13.2 Å². The highest BCUT2D eigenvalue weighted by Gasteiger charge is 2.08. The Labute approximate surface area is 96.5 Å². The predicted octanol–water partition coefficient (Wildman–Crippen LogP) is 1.53. The zero-order valence-corrected chi connectivity index (χ0v) is 10.3. The molecular formula is C9H9BrO4S. The molecule has 82 valence electrons. The van der Waals surface area contributed by atoms with Gasteiger partial charge in [-0.3, -0.25) is 0 Å². The van der Waals surface area contributed by atoms with Gasteiger partial charge in [0.15, 0.2) is 5.75 Å². The highest BCUT2D eigenvalue weighted by atomic mass is 79.9. The van der Waals surface area contributed by atoms with Crippen molar-refractivity contribution in [2.75, 3.05) is 6.26 Å². The molecule has 1 rings (SSSR count). The van der Waals surface area contributed by atoms with Crippen molar-refractivity contribution in [3.63, 3.8) is 0 Å². The zero-order valence-electron chi connectivity index (χ0n) is 7.94. The van der Waals surface area contributed by atoms with E-state index in [0.29, 0.717) is 4.47 Å². The first-order chi connectivity index (χ1) is 6.92. The Morgan fingerprint density at radius 3 is 2.60 bits per heavy atom. The Morgan fingerprint density at radius 1 is 1.47 bits per heavy atom. The number of carbonyl (C=O) groups is 1. The summed E-state index contributed by atoms with van der Waals surface area (Å²) in [5, 5.41) is 0. The number of hydrogen-bond acceptors (Lipinski definition) is 4. The van der Waals surface area contributed by atoms with Crippen LogP contribution < -0.4 is 4.18 Å². The molecular weight excluding hydrogens is 284 g/mol. The molecule has 1 aromatic carbocycles. The van der Waals surface area contributed by atoms with Gasteiger partial charge in [0.1, 0.15) is 6.29 Å². The maximum atomic E-state index is 10.9. The molecule has 0 bridgehead atoms. The topological polar surface area (TPSA) is 60.4 Å². The molecule has 0 heterocycles. The van der Waals surface area contributed by atoms with Crippen LogP contribution in [0.4, 0.5) is 0 Å². The molecule has 0 spiro atoms. The van der Waals surface area contributed by atoms with E-state index >= 15 is 0 Å². The minimum absolute atomic E-state index is 0.215.